The Balaban J connectivity index is 2.10. The van der Waals surface area contributed by atoms with Crippen molar-refractivity contribution in [3.05, 3.63) is 23.2 Å². The molecule has 0 radical (unpaired) electrons. The molecule has 2 rings (SSSR count). The number of rotatable bonds is 4. The Labute approximate surface area is 117 Å². The van der Waals surface area contributed by atoms with Crippen molar-refractivity contribution in [1.82, 2.24) is 4.90 Å². The molecule has 0 aliphatic heterocycles. The molecule has 108 valence electrons. The first-order valence-corrected chi connectivity index (χ1v) is 7.61. The van der Waals surface area contributed by atoms with Gasteiger partial charge < -0.3 is 10.2 Å². The Bertz CT molecular complexity index is 405. The van der Waals surface area contributed by atoms with Crippen LogP contribution in [0, 0.1) is 13.8 Å². The smallest absolute Gasteiger partial charge is 0.105 e. The first-order chi connectivity index (χ1) is 9.02. The second kappa shape index (κ2) is 6.10. The van der Waals surface area contributed by atoms with Gasteiger partial charge in [-0.15, -0.1) is 0 Å². The molecule has 0 spiro atoms. The van der Waals surface area contributed by atoms with Gasteiger partial charge in [0.1, 0.15) is 11.5 Å². The first-order valence-electron chi connectivity index (χ1n) is 7.61. The average molecular weight is 264 g/mol. The Kier molecular flexibility index (Phi) is 4.69. The van der Waals surface area contributed by atoms with Crippen molar-refractivity contribution in [2.24, 2.45) is 5.73 Å². The van der Waals surface area contributed by atoms with Gasteiger partial charge in [0.05, 0.1) is 0 Å². The van der Waals surface area contributed by atoms with Crippen molar-refractivity contribution in [1.29, 1.82) is 0 Å². The molecular formula is C16H28N2O. The number of nitrogens with two attached hydrogens (primary N) is 1. The summed E-state index contributed by atoms with van der Waals surface area (Å²) < 4.78 is 5.69. The molecule has 0 aromatic carbocycles. The van der Waals surface area contributed by atoms with E-state index in [2.05, 4.69) is 31.7 Å². The number of hydrogen-bond donors (Lipinski definition) is 1. The quantitative estimate of drug-likeness (QED) is 0.904. The zero-order chi connectivity index (χ0) is 14.0. The van der Waals surface area contributed by atoms with Gasteiger partial charge in [-0.3, -0.25) is 4.90 Å². The summed E-state index contributed by atoms with van der Waals surface area (Å²) in [6.07, 6.45) is 4.79. The number of hydrogen-bond acceptors (Lipinski definition) is 3. The molecule has 1 aromatic rings. The predicted molar refractivity (Wildman–Crippen MR) is 79.2 cm³/mol. The molecule has 0 amide bonds. The van der Waals surface area contributed by atoms with Crippen LogP contribution in [-0.4, -0.2) is 23.5 Å². The van der Waals surface area contributed by atoms with Gasteiger partial charge in [0, 0.05) is 23.7 Å². The van der Waals surface area contributed by atoms with E-state index in [0.717, 1.165) is 30.9 Å². The molecular weight excluding hydrogens is 236 g/mol. The van der Waals surface area contributed by atoms with Crippen LogP contribution in [0.1, 0.15) is 62.7 Å². The van der Waals surface area contributed by atoms with Gasteiger partial charge >= 0.3 is 0 Å². The van der Waals surface area contributed by atoms with E-state index in [0.29, 0.717) is 18.1 Å². The Hall–Kier alpha value is -0.800. The fraction of sp³-hybridized carbons (Fsp3) is 0.750. The second-order valence-corrected chi connectivity index (χ2v) is 5.94. The lowest BCUT2D eigenvalue weighted by Gasteiger charge is -2.39. The highest BCUT2D eigenvalue weighted by Gasteiger charge is 2.28. The zero-order valence-electron chi connectivity index (χ0n) is 12.8. The van der Waals surface area contributed by atoms with E-state index in [4.69, 9.17) is 10.2 Å². The summed E-state index contributed by atoms with van der Waals surface area (Å²) in [6, 6.07) is 3.72. The predicted octanol–water partition coefficient (Wildman–Crippen LogP) is 3.55. The third-order valence-corrected chi connectivity index (χ3v) is 4.60. The highest BCUT2D eigenvalue weighted by atomic mass is 16.3. The van der Waals surface area contributed by atoms with Gasteiger partial charge in [0.15, 0.2) is 0 Å². The van der Waals surface area contributed by atoms with Crippen LogP contribution in [0.15, 0.2) is 10.5 Å². The number of furan rings is 1. The van der Waals surface area contributed by atoms with Gasteiger partial charge in [-0.05, 0) is 59.1 Å². The highest BCUT2D eigenvalue weighted by Crippen LogP contribution is 2.32. The van der Waals surface area contributed by atoms with Crippen molar-refractivity contribution >= 4 is 0 Å². The van der Waals surface area contributed by atoms with Crippen LogP contribution in [0.2, 0.25) is 0 Å². The summed E-state index contributed by atoms with van der Waals surface area (Å²) in [6.45, 7) is 9.75. The number of aryl methyl sites for hydroxylation is 2. The summed E-state index contributed by atoms with van der Waals surface area (Å²) in [5.41, 5.74) is 7.36. The van der Waals surface area contributed by atoms with Crippen LogP contribution in [-0.2, 0) is 0 Å². The molecule has 1 unspecified atom stereocenters. The van der Waals surface area contributed by atoms with E-state index < -0.39 is 0 Å². The van der Waals surface area contributed by atoms with E-state index >= 15 is 0 Å². The molecule has 1 heterocycles. The Morgan fingerprint density at radius 2 is 1.95 bits per heavy atom. The van der Waals surface area contributed by atoms with E-state index in [9.17, 15) is 0 Å². The lowest BCUT2D eigenvalue weighted by atomic mass is 9.89. The van der Waals surface area contributed by atoms with E-state index in [1.54, 1.807) is 0 Å². The lowest BCUT2D eigenvalue weighted by Crippen LogP contribution is -2.42. The molecule has 1 saturated carbocycles. The van der Waals surface area contributed by atoms with Crippen molar-refractivity contribution in [3.63, 3.8) is 0 Å². The molecule has 3 nitrogen and oxygen atoms in total. The van der Waals surface area contributed by atoms with Crippen LogP contribution in [0.4, 0.5) is 0 Å². The molecule has 1 aliphatic rings. The molecule has 2 N–H and O–H groups in total. The topological polar surface area (TPSA) is 42.4 Å². The van der Waals surface area contributed by atoms with Gasteiger partial charge in [0.2, 0.25) is 0 Å². The lowest BCUT2D eigenvalue weighted by molar-refractivity contribution is 0.113. The van der Waals surface area contributed by atoms with E-state index in [-0.39, 0.29) is 0 Å². The molecule has 3 heteroatoms. The fourth-order valence-electron chi connectivity index (χ4n) is 3.53. The van der Waals surface area contributed by atoms with Crippen LogP contribution < -0.4 is 5.73 Å². The Morgan fingerprint density at radius 3 is 2.42 bits per heavy atom. The van der Waals surface area contributed by atoms with Crippen molar-refractivity contribution in [2.45, 2.75) is 71.5 Å². The first kappa shape index (κ1) is 14.6. The highest BCUT2D eigenvalue weighted by molar-refractivity contribution is 5.23. The van der Waals surface area contributed by atoms with Crippen LogP contribution >= 0.6 is 0 Å². The molecule has 1 aliphatic carbocycles. The summed E-state index contributed by atoms with van der Waals surface area (Å²) in [5, 5.41) is 0. The third-order valence-electron chi connectivity index (χ3n) is 4.60. The molecule has 19 heavy (non-hydrogen) atoms. The summed E-state index contributed by atoms with van der Waals surface area (Å²) in [4.78, 5) is 2.61. The summed E-state index contributed by atoms with van der Waals surface area (Å²) >= 11 is 0. The van der Waals surface area contributed by atoms with Crippen LogP contribution in [0.25, 0.3) is 0 Å². The van der Waals surface area contributed by atoms with E-state index in [1.807, 2.05) is 6.92 Å². The standard InChI is InChI=1S/C16H28N2O/c1-5-18(15-8-6-14(17)7-9-15)12(3)16-10-11(2)19-13(16)4/h10,12,14-15H,5-9,17H2,1-4H3. The SMILES string of the molecule is CCN(C1CCC(N)CC1)C(C)c1cc(C)oc1C. The van der Waals surface area contributed by atoms with Crippen molar-refractivity contribution in [3.8, 4) is 0 Å². The second-order valence-electron chi connectivity index (χ2n) is 5.94. The minimum atomic E-state index is 0.420. The van der Waals surface area contributed by atoms with Gasteiger partial charge in [0.25, 0.3) is 0 Å². The average Bonchev–Trinajstić information content (AvgIpc) is 2.71. The summed E-state index contributed by atoms with van der Waals surface area (Å²) in [5.74, 6) is 2.08. The largest absolute Gasteiger partial charge is 0.466 e. The maximum atomic E-state index is 6.02. The van der Waals surface area contributed by atoms with E-state index in [1.165, 1.54) is 18.4 Å². The minimum Gasteiger partial charge on any atom is -0.466 e. The van der Waals surface area contributed by atoms with Crippen LogP contribution in [0.5, 0.6) is 0 Å². The summed E-state index contributed by atoms with van der Waals surface area (Å²) in [7, 11) is 0. The molecule has 1 fully saturated rings. The third kappa shape index (κ3) is 3.21. The zero-order valence-corrected chi connectivity index (χ0v) is 12.8. The fourth-order valence-corrected chi connectivity index (χ4v) is 3.53. The van der Waals surface area contributed by atoms with Gasteiger partial charge in [-0.2, -0.15) is 0 Å². The van der Waals surface area contributed by atoms with Gasteiger partial charge in [-0.25, -0.2) is 0 Å². The Morgan fingerprint density at radius 1 is 1.32 bits per heavy atom. The van der Waals surface area contributed by atoms with Gasteiger partial charge in [-0.1, -0.05) is 6.92 Å². The molecule has 0 bridgehead atoms. The van der Waals surface area contributed by atoms with Crippen molar-refractivity contribution in [2.75, 3.05) is 6.54 Å². The number of nitrogens with zero attached hydrogens (tertiary/aromatic N) is 1. The maximum Gasteiger partial charge on any atom is 0.105 e. The minimum absolute atomic E-state index is 0.420. The normalized spacial score (nSPS) is 25.8. The molecule has 1 atom stereocenters. The molecule has 0 saturated heterocycles. The molecule has 1 aromatic heterocycles. The maximum absolute atomic E-state index is 6.02. The van der Waals surface area contributed by atoms with Crippen LogP contribution in [0.3, 0.4) is 0 Å². The monoisotopic (exact) mass is 264 g/mol. The van der Waals surface area contributed by atoms with Crippen molar-refractivity contribution < 1.29 is 4.42 Å².